The van der Waals surface area contributed by atoms with E-state index in [4.69, 9.17) is 4.74 Å². The summed E-state index contributed by atoms with van der Waals surface area (Å²) in [5.41, 5.74) is 0.816. The van der Waals surface area contributed by atoms with Crippen molar-refractivity contribution in [3.8, 4) is 0 Å². The molecule has 6 atom stereocenters. The molecule has 2 saturated heterocycles. The summed E-state index contributed by atoms with van der Waals surface area (Å²) in [7, 11) is 3.12. The van der Waals surface area contributed by atoms with Gasteiger partial charge in [0.25, 0.3) is 0 Å². The molecule has 0 saturated carbocycles. The number of benzene rings is 1. The summed E-state index contributed by atoms with van der Waals surface area (Å²) in [6.45, 7) is 13.5. The van der Waals surface area contributed by atoms with Gasteiger partial charge in [0, 0.05) is 33.6 Å². The monoisotopic (exact) mass is 683 g/mol. The van der Waals surface area contributed by atoms with Crippen LogP contribution >= 0.6 is 0 Å². The normalized spacial score (nSPS) is 27.4. The van der Waals surface area contributed by atoms with Gasteiger partial charge in [0.1, 0.15) is 30.3 Å². The molecule has 272 valence electrons. The Bertz CT molecular complexity index is 1330. The Balaban J connectivity index is 2.08. The van der Waals surface area contributed by atoms with Gasteiger partial charge in [0.15, 0.2) is 0 Å². The number of carbonyl (C=O) groups is 6. The van der Waals surface area contributed by atoms with E-state index in [-0.39, 0.29) is 55.4 Å². The van der Waals surface area contributed by atoms with Crippen LogP contribution in [-0.4, -0.2) is 108 Å². The van der Waals surface area contributed by atoms with Crippen LogP contribution in [-0.2, 0) is 39.9 Å². The smallest absolute Gasteiger partial charge is 0.307 e. The standard InChI is InChI=1S/C37H57N5O7/c1-22(2)19-28-34(45)38-17-15-31(44)49-29(23(3)4)21-30(43)42-18-16-25(7)33(42)35(46)39-27(20-26-13-11-10-12-14-26)36(47)41(9)32(24(5)6)37(48)40(28)8/h10-14,22-25,27-29,32-33H,15-21H2,1-9H3,(H,38,45)(H,39,46)/t25?,27?,28?,29?,32-,33-/m0/s1. The average Bonchev–Trinajstić information content (AvgIpc) is 3.43. The Labute approximate surface area is 291 Å². The molecule has 0 radical (unpaired) electrons. The molecule has 12 nitrogen and oxygen atoms in total. The highest BCUT2D eigenvalue weighted by atomic mass is 16.5. The van der Waals surface area contributed by atoms with Crippen molar-refractivity contribution in [3.05, 3.63) is 35.9 Å². The molecule has 0 aromatic heterocycles. The molecule has 49 heavy (non-hydrogen) atoms. The van der Waals surface area contributed by atoms with Gasteiger partial charge in [0.2, 0.25) is 29.5 Å². The van der Waals surface area contributed by atoms with E-state index in [0.717, 1.165) is 5.56 Å². The lowest BCUT2D eigenvalue weighted by atomic mass is 9.96. The highest BCUT2D eigenvalue weighted by Gasteiger charge is 2.43. The minimum atomic E-state index is -1.03. The van der Waals surface area contributed by atoms with Crippen molar-refractivity contribution in [2.75, 3.05) is 27.2 Å². The van der Waals surface area contributed by atoms with Gasteiger partial charge in [-0.3, -0.25) is 28.8 Å². The van der Waals surface area contributed by atoms with Crippen LogP contribution in [0, 0.1) is 23.7 Å². The fraction of sp³-hybridized carbons (Fsp3) is 0.676. The molecule has 12 heteroatoms. The van der Waals surface area contributed by atoms with Gasteiger partial charge in [-0.05, 0) is 42.1 Å². The summed E-state index contributed by atoms with van der Waals surface area (Å²) in [6, 6.07) is 5.66. The maximum atomic E-state index is 14.4. The molecule has 2 heterocycles. The van der Waals surface area contributed by atoms with E-state index in [1.54, 1.807) is 14.1 Å². The fourth-order valence-corrected chi connectivity index (χ4v) is 6.80. The van der Waals surface area contributed by atoms with Crippen LogP contribution in [0.4, 0.5) is 0 Å². The summed E-state index contributed by atoms with van der Waals surface area (Å²) in [6.07, 6.45) is 0.189. The molecule has 3 rings (SSSR count). The maximum Gasteiger partial charge on any atom is 0.307 e. The minimum Gasteiger partial charge on any atom is -0.461 e. The topological polar surface area (TPSA) is 145 Å². The number of hydrogen-bond acceptors (Lipinski definition) is 7. The Morgan fingerprint density at radius 1 is 0.857 bits per heavy atom. The van der Waals surface area contributed by atoms with Crippen LogP contribution in [0.25, 0.3) is 0 Å². The molecule has 0 bridgehead atoms. The van der Waals surface area contributed by atoms with E-state index in [0.29, 0.717) is 19.4 Å². The summed E-state index contributed by atoms with van der Waals surface area (Å²) < 4.78 is 5.73. The molecule has 1 aromatic carbocycles. The SMILES string of the molecule is CC(C)CC1C(=O)NCCC(=O)OC(C(C)C)CC(=O)N2CCC(C)[C@H]2C(=O)NC(Cc2ccccc2)C(=O)N(C)[C@@H](C(C)C)C(=O)N1C. The second-order valence-corrected chi connectivity index (χ2v) is 14.8. The molecule has 2 aliphatic rings. The largest absolute Gasteiger partial charge is 0.461 e. The number of esters is 1. The van der Waals surface area contributed by atoms with Crippen LogP contribution < -0.4 is 10.6 Å². The number of nitrogens with zero attached hydrogens (tertiary/aromatic N) is 3. The molecule has 0 spiro atoms. The van der Waals surface area contributed by atoms with Gasteiger partial charge < -0.3 is 30.1 Å². The Morgan fingerprint density at radius 2 is 1.51 bits per heavy atom. The van der Waals surface area contributed by atoms with Gasteiger partial charge in [-0.25, -0.2) is 0 Å². The summed E-state index contributed by atoms with van der Waals surface area (Å²) in [5, 5.41) is 5.76. The molecule has 2 fully saturated rings. The van der Waals surface area contributed by atoms with Crippen molar-refractivity contribution in [2.24, 2.45) is 23.7 Å². The summed E-state index contributed by atoms with van der Waals surface area (Å²) in [5.74, 6) is -3.22. The zero-order valence-corrected chi connectivity index (χ0v) is 30.7. The number of fused-ring (bicyclic) bond motifs is 1. The van der Waals surface area contributed by atoms with Gasteiger partial charge >= 0.3 is 5.97 Å². The Kier molecular flexibility index (Phi) is 14.2. The van der Waals surface area contributed by atoms with E-state index in [2.05, 4.69) is 10.6 Å². The van der Waals surface area contributed by atoms with Crippen molar-refractivity contribution >= 4 is 35.5 Å². The zero-order valence-electron chi connectivity index (χ0n) is 30.7. The van der Waals surface area contributed by atoms with Crippen molar-refractivity contribution in [1.82, 2.24) is 25.3 Å². The number of cyclic esters (lactones) is 1. The number of hydrogen-bond donors (Lipinski definition) is 2. The third-order valence-corrected chi connectivity index (χ3v) is 9.68. The quantitative estimate of drug-likeness (QED) is 0.439. The Hall–Kier alpha value is -3.96. The predicted molar refractivity (Wildman–Crippen MR) is 186 cm³/mol. The number of carbonyl (C=O) groups excluding carboxylic acids is 6. The fourth-order valence-electron chi connectivity index (χ4n) is 6.80. The third kappa shape index (κ3) is 10.3. The molecule has 2 aliphatic heterocycles. The first kappa shape index (κ1) is 39.5. The van der Waals surface area contributed by atoms with Crippen LogP contribution in [0.5, 0.6) is 0 Å². The number of rotatable bonds is 6. The molecule has 2 N–H and O–H groups in total. The first-order valence-electron chi connectivity index (χ1n) is 17.7. The number of ether oxygens (including phenoxy) is 1. The van der Waals surface area contributed by atoms with Crippen LogP contribution in [0.3, 0.4) is 0 Å². The lowest BCUT2D eigenvalue weighted by Crippen LogP contribution is -2.60. The van der Waals surface area contributed by atoms with Crippen molar-refractivity contribution in [1.29, 1.82) is 0 Å². The highest BCUT2D eigenvalue weighted by molar-refractivity contribution is 5.96. The molecule has 4 unspecified atom stereocenters. The summed E-state index contributed by atoms with van der Waals surface area (Å²) in [4.78, 5) is 87.1. The van der Waals surface area contributed by atoms with E-state index >= 15 is 0 Å². The third-order valence-electron chi connectivity index (χ3n) is 9.68. The molecule has 0 aliphatic carbocycles. The maximum absolute atomic E-state index is 14.4. The van der Waals surface area contributed by atoms with E-state index < -0.39 is 59.9 Å². The van der Waals surface area contributed by atoms with Gasteiger partial charge in [-0.15, -0.1) is 0 Å². The predicted octanol–water partition coefficient (Wildman–Crippen LogP) is 2.78. The number of likely N-dealkylation sites (N-methyl/N-ethyl adjacent to an activating group) is 2. The lowest BCUT2D eigenvalue weighted by Gasteiger charge is -2.38. The molecule has 5 amide bonds. The molecular formula is C37H57N5O7. The second kappa shape index (κ2) is 17.6. The number of nitrogens with one attached hydrogen (secondary N) is 2. The highest BCUT2D eigenvalue weighted by Crippen LogP contribution is 2.27. The van der Waals surface area contributed by atoms with E-state index in [1.165, 1.54) is 14.7 Å². The van der Waals surface area contributed by atoms with Crippen LogP contribution in [0.15, 0.2) is 30.3 Å². The number of amides is 5. The molecular weight excluding hydrogens is 626 g/mol. The minimum absolute atomic E-state index is 0.00783. The van der Waals surface area contributed by atoms with Crippen molar-refractivity contribution in [2.45, 2.75) is 111 Å². The van der Waals surface area contributed by atoms with Crippen LogP contribution in [0.2, 0.25) is 0 Å². The van der Waals surface area contributed by atoms with Gasteiger partial charge in [-0.1, -0.05) is 78.8 Å². The van der Waals surface area contributed by atoms with Crippen molar-refractivity contribution in [3.63, 3.8) is 0 Å². The van der Waals surface area contributed by atoms with Crippen LogP contribution in [0.1, 0.15) is 79.7 Å². The zero-order chi connectivity index (χ0) is 36.6. The lowest BCUT2D eigenvalue weighted by molar-refractivity contribution is -0.155. The van der Waals surface area contributed by atoms with Gasteiger partial charge in [-0.2, -0.15) is 0 Å². The first-order valence-corrected chi connectivity index (χ1v) is 17.7. The first-order chi connectivity index (χ1) is 23.0. The summed E-state index contributed by atoms with van der Waals surface area (Å²) >= 11 is 0. The average molecular weight is 684 g/mol. The van der Waals surface area contributed by atoms with E-state index in [9.17, 15) is 28.8 Å². The second-order valence-electron chi connectivity index (χ2n) is 14.8. The van der Waals surface area contributed by atoms with Crippen molar-refractivity contribution < 1.29 is 33.5 Å². The Morgan fingerprint density at radius 3 is 2.10 bits per heavy atom. The molecule has 1 aromatic rings. The van der Waals surface area contributed by atoms with E-state index in [1.807, 2.05) is 78.8 Å². The van der Waals surface area contributed by atoms with Gasteiger partial charge in [0.05, 0.1) is 12.8 Å².